The van der Waals surface area contributed by atoms with Crippen LogP contribution in [-0.4, -0.2) is 45.7 Å². The lowest BCUT2D eigenvalue weighted by Crippen LogP contribution is -2.49. The molecule has 0 unspecified atom stereocenters. The third-order valence-corrected chi connectivity index (χ3v) is 5.95. The molecule has 0 bridgehead atoms. The van der Waals surface area contributed by atoms with E-state index in [0.29, 0.717) is 5.56 Å². The fraction of sp³-hybridized carbons (Fsp3) is 0.400. The lowest BCUT2D eigenvalue weighted by Gasteiger charge is -2.35. The number of benzene rings is 1. The molecule has 6 nitrogen and oxygen atoms in total. The van der Waals surface area contributed by atoms with Crippen molar-refractivity contribution in [2.75, 3.05) is 18.4 Å². The number of anilines is 1. The first kappa shape index (κ1) is 19.0. The van der Waals surface area contributed by atoms with Crippen LogP contribution in [0.1, 0.15) is 46.7 Å². The number of carbonyl (C=O) groups excluding carboxylic acids is 2. The van der Waals surface area contributed by atoms with Crippen molar-refractivity contribution in [2.24, 2.45) is 0 Å². The van der Waals surface area contributed by atoms with Gasteiger partial charge < -0.3 is 4.90 Å². The monoisotopic (exact) mass is 420 g/mol. The minimum Gasteiger partial charge on any atom is -0.328 e. The predicted octanol–water partition coefficient (Wildman–Crippen LogP) is 3.00. The van der Waals surface area contributed by atoms with Crippen LogP contribution in [0.3, 0.4) is 0 Å². The Kier molecular flexibility index (Phi) is 3.93. The summed E-state index contributed by atoms with van der Waals surface area (Å²) in [5, 5.41) is 2.29. The molecular formula is C20H16F4N4O2. The van der Waals surface area contributed by atoms with Crippen LogP contribution in [0, 0.1) is 11.6 Å². The summed E-state index contributed by atoms with van der Waals surface area (Å²) in [5.41, 5.74) is -1.80. The van der Waals surface area contributed by atoms with E-state index in [-0.39, 0.29) is 23.0 Å². The van der Waals surface area contributed by atoms with Gasteiger partial charge in [0.05, 0.1) is 17.8 Å². The lowest BCUT2D eigenvalue weighted by atomic mass is 9.83. The summed E-state index contributed by atoms with van der Waals surface area (Å²) in [4.78, 5) is 33.3. The average Bonchev–Trinajstić information content (AvgIpc) is 3.59. The molecule has 30 heavy (non-hydrogen) atoms. The van der Waals surface area contributed by atoms with Crippen molar-refractivity contribution >= 4 is 17.8 Å². The summed E-state index contributed by atoms with van der Waals surface area (Å²) in [6.07, 6.45) is 2.72. The van der Waals surface area contributed by atoms with Gasteiger partial charge in [0.15, 0.2) is 5.82 Å². The number of rotatable bonds is 4. The highest BCUT2D eigenvalue weighted by atomic mass is 19.3. The number of halogens is 4. The van der Waals surface area contributed by atoms with Crippen LogP contribution < -0.4 is 5.32 Å². The Morgan fingerprint density at radius 1 is 1.20 bits per heavy atom. The quantitative estimate of drug-likeness (QED) is 0.772. The van der Waals surface area contributed by atoms with E-state index in [1.807, 2.05) is 0 Å². The topological polar surface area (TPSA) is 75.2 Å². The van der Waals surface area contributed by atoms with Gasteiger partial charge in [-0.2, -0.15) is 0 Å². The highest BCUT2D eigenvalue weighted by Gasteiger charge is 2.75. The van der Waals surface area contributed by atoms with Gasteiger partial charge in [0.2, 0.25) is 11.9 Å². The number of hydrogen-bond donors (Lipinski definition) is 1. The lowest BCUT2D eigenvalue weighted by molar-refractivity contribution is -0.117. The zero-order chi connectivity index (χ0) is 21.3. The van der Waals surface area contributed by atoms with Crippen LogP contribution in [-0.2, 0) is 10.2 Å². The molecule has 2 aromatic rings. The van der Waals surface area contributed by atoms with E-state index in [0.717, 1.165) is 30.1 Å². The second-order valence-electron chi connectivity index (χ2n) is 8.06. The maximum absolute atomic E-state index is 15.2. The number of alkyl halides is 2. The molecule has 1 aromatic carbocycles. The minimum atomic E-state index is -3.17. The molecule has 0 radical (unpaired) electrons. The molecule has 1 aliphatic heterocycles. The van der Waals surface area contributed by atoms with E-state index < -0.39 is 54.3 Å². The number of carbonyl (C=O) groups is 2. The summed E-state index contributed by atoms with van der Waals surface area (Å²) in [5.74, 6) is -6.17. The number of nitrogens with zero attached hydrogens (tertiary/aromatic N) is 3. The number of nitrogens with one attached hydrogen (secondary N) is 1. The average molecular weight is 420 g/mol. The Hall–Kier alpha value is -3.04. The summed E-state index contributed by atoms with van der Waals surface area (Å²) in [6, 6.07) is 2.87. The Bertz CT molecular complexity index is 1070. The summed E-state index contributed by atoms with van der Waals surface area (Å²) in [6.45, 7) is -1.00. The molecule has 2 amide bonds. The van der Waals surface area contributed by atoms with E-state index in [9.17, 15) is 22.8 Å². The van der Waals surface area contributed by atoms with Crippen LogP contribution in [0.25, 0.3) is 0 Å². The molecule has 1 aromatic heterocycles. The standard InChI is InChI=1S/C20H16F4N4O2/c21-11-5-25-18(26-6-11)27-14(29)7-28-9-19(8-20(19,23)24)15-13(17(28)30)4-3-12(16(15)22)10-1-2-10/h3-6,10H,1-2,7-9H2,(H,25,26,27,29)/t19-/m1/s1. The van der Waals surface area contributed by atoms with Crippen LogP contribution in [0.15, 0.2) is 24.5 Å². The zero-order valence-corrected chi connectivity index (χ0v) is 15.6. The normalized spacial score (nSPS) is 24.0. The Morgan fingerprint density at radius 3 is 2.47 bits per heavy atom. The molecule has 3 aliphatic rings. The van der Waals surface area contributed by atoms with Crippen molar-refractivity contribution in [1.82, 2.24) is 14.9 Å². The molecule has 1 N–H and O–H groups in total. The highest BCUT2D eigenvalue weighted by Crippen LogP contribution is 2.65. The largest absolute Gasteiger partial charge is 0.328 e. The number of fused-ring (bicyclic) bond motifs is 2. The van der Waals surface area contributed by atoms with Gasteiger partial charge in [-0.25, -0.2) is 27.5 Å². The van der Waals surface area contributed by atoms with Gasteiger partial charge in [0.25, 0.3) is 11.8 Å². The number of aromatic nitrogens is 2. The van der Waals surface area contributed by atoms with Crippen molar-refractivity contribution in [2.45, 2.75) is 36.5 Å². The molecule has 0 saturated heterocycles. The van der Waals surface area contributed by atoms with Crippen molar-refractivity contribution in [3.05, 3.63) is 52.9 Å². The molecule has 2 saturated carbocycles. The molecular weight excluding hydrogens is 404 g/mol. The number of amides is 2. The van der Waals surface area contributed by atoms with E-state index in [4.69, 9.17) is 0 Å². The smallest absolute Gasteiger partial charge is 0.260 e. The predicted molar refractivity (Wildman–Crippen MR) is 96.1 cm³/mol. The van der Waals surface area contributed by atoms with E-state index >= 15 is 4.39 Å². The van der Waals surface area contributed by atoms with Gasteiger partial charge >= 0.3 is 0 Å². The Morgan fingerprint density at radius 2 is 1.87 bits per heavy atom. The second-order valence-corrected chi connectivity index (χ2v) is 8.06. The second kappa shape index (κ2) is 6.23. The van der Waals surface area contributed by atoms with Crippen LogP contribution in [0.4, 0.5) is 23.5 Å². The van der Waals surface area contributed by atoms with E-state index in [1.165, 1.54) is 12.1 Å². The van der Waals surface area contributed by atoms with Gasteiger partial charge in [-0.3, -0.25) is 14.9 Å². The summed E-state index contributed by atoms with van der Waals surface area (Å²) in [7, 11) is 0. The first-order chi connectivity index (χ1) is 14.2. The fourth-order valence-corrected chi connectivity index (χ4v) is 4.21. The van der Waals surface area contributed by atoms with Crippen molar-refractivity contribution in [1.29, 1.82) is 0 Å². The SMILES string of the molecule is O=C(CN1C[C@]2(CC2(F)F)c2c(ccc(C3CC3)c2F)C1=O)Nc1ncc(F)cn1. The van der Waals surface area contributed by atoms with Crippen LogP contribution in [0.2, 0.25) is 0 Å². The fourth-order valence-electron chi connectivity index (χ4n) is 4.21. The molecule has 1 spiro atoms. The van der Waals surface area contributed by atoms with E-state index in [1.54, 1.807) is 0 Å². The molecule has 156 valence electrons. The maximum atomic E-state index is 15.2. The summed E-state index contributed by atoms with van der Waals surface area (Å²) < 4.78 is 56.9. The molecule has 2 aliphatic carbocycles. The minimum absolute atomic E-state index is 0.00865. The van der Waals surface area contributed by atoms with Gasteiger partial charge in [-0.05, 0) is 30.4 Å². The number of hydrogen-bond acceptors (Lipinski definition) is 4. The summed E-state index contributed by atoms with van der Waals surface area (Å²) >= 11 is 0. The Labute approximate surface area is 168 Å². The van der Waals surface area contributed by atoms with Crippen LogP contribution >= 0.6 is 0 Å². The van der Waals surface area contributed by atoms with Gasteiger partial charge in [0.1, 0.15) is 12.4 Å². The third kappa shape index (κ3) is 2.85. The van der Waals surface area contributed by atoms with E-state index in [2.05, 4.69) is 15.3 Å². The van der Waals surface area contributed by atoms with Gasteiger partial charge in [-0.15, -0.1) is 0 Å². The van der Waals surface area contributed by atoms with Crippen LogP contribution in [0.5, 0.6) is 0 Å². The molecule has 1 atom stereocenters. The van der Waals surface area contributed by atoms with Gasteiger partial charge in [0, 0.05) is 24.1 Å². The first-order valence-electron chi connectivity index (χ1n) is 9.49. The molecule has 5 rings (SSSR count). The Balaban J connectivity index is 1.44. The third-order valence-electron chi connectivity index (χ3n) is 5.95. The van der Waals surface area contributed by atoms with Gasteiger partial charge in [-0.1, -0.05) is 6.07 Å². The zero-order valence-electron chi connectivity index (χ0n) is 15.6. The van der Waals surface area contributed by atoms with Crippen molar-refractivity contribution < 1.29 is 27.2 Å². The molecule has 2 fully saturated rings. The first-order valence-corrected chi connectivity index (χ1v) is 9.49. The molecule has 2 heterocycles. The molecule has 10 heteroatoms. The highest BCUT2D eigenvalue weighted by molar-refractivity contribution is 6.01. The van der Waals surface area contributed by atoms with Crippen molar-refractivity contribution in [3.8, 4) is 0 Å². The van der Waals surface area contributed by atoms with Crippen molar-refractivity contribution in [3.63, 3.8) is 0 Å². The maximum Gasteiger partial charge on any atom is 0.260 e.